The molecule has 0 aliphatic carbocycles. The number of aryl methyl sites for hydroxylation is 2. The summed E-state index contributed by atoms with van der Waals surface area (Å²) in [6, 6.07) is 7.75. The van der Waals surface area contributed by atoms with Gasteiger partial charge >= 0.3 is 0 Å². The first-order valence-corrected chi connectivity index (χ1v) is 11.9. The standard InChI is InChI=1S/C26H35N5O3/c1-16-23(11-19-9-10-33-14-19)28-26(29-25(16)24-17(2)30-31(5)18(24)3)20-7-6-8-22(12-20)34-15-21(32)13-27-4/h6-8,12,19,21,27,32H,9-11,13-15H2,1-5H3/t19-,21?/m0/s1. The summed E-state index contributed by atoms with van der Waals surface area (Å²) in [4.78, 5) is 10.1. The molecule has 2 atom stereocenters. The van der Waals surface area contributed by atoms with Gasteiger partial charge < -0.3 is 19.9 Å². The van der Waals surface area contributed by atoms with Gasteiger partial charge in [-0.1, -0.05) is 12.1 Å². The molecule has 1 aliphatic rings. The summed E-state index contributed by atoms with van der Waals surface area (Å²) in [5.74, 6) is 1.81. The predicted molar refractivity (Wildman–Crippen MR) is 132 cm³/mol. The molecule has 1 saturated heterocycles. The van der Waals surface area contributed by atoms with E-state index >= 15 is 0 Å². The molecule has 0 radical (unpaired) electrons. The molecular formula is C26H35N5O3. The molecule has 3 aromatic rings. The second-order valence-electron chi connectivity index (χ2n) is 9.12. The van der Waals surface area contributed by atoms with Gasteiger partial charge in [0.05, 0.1) is 11.4 Å². The Bertz CT molecular complexity index is 1140. The molecule has 1 aliphatic heterocycles. The van der Waals surface area contributed by atoms with Gasteiger partial charge in [-0.05, 0) is 64.3 Å². The van der Waals surface area contributed by atoms with Gasteiger partial charge in [0, 0.05) is 49.3 Å². The Morgan fingerprint density at radius 2 is 2.09 bits per heavy atom. The van der Waals surface area contributed by atoms with Crippen LogP contribution in [0.15, 0.2) is 24.3 Å². The van der Waals surface area contributed by atoms with Gasteiger partial charge in [-0.3, -0.25) is 4.68 Å². The number of aliphatic hydroxyl groups excluding tert-OH is 1. The third-order valence-electron chi connectivity index (χ3n) is 6.47. The second kappa shape index (κ2) is 10.6. The van der Waals surface area contributed by atoms with E-state index in [1.54, 1.807) is 7.05 Å². The normalized spacial score (nSPS) is 16.7. The molecule has 0 saturated carbocycles. The zero-order valence-corrected chi connectivity index (χ0v) is 20.8. The minimum Gasteiger partial charge on any atom is -0.491 e. The molecule has 2 N–H and O–H groups in total. The summed E-state index contributed by atoms with van der Waals surface area (Å²) >= 11 is 0. The largest absolute Gasteiger partial charge is 0.491 e. The van der Waals surface area contributed by atoms with Crippen molar-refractivity contribution >= 4 is 0 Å². The van der Waals surface area contributed by atoms with Crippen LogP contribution in [0.2, 0.25) is 0 Å². The first kappa shape index (κ1) is 24.3. The highest BCUT2D eigenvalue weighted by Crippen LogP contribution is 2.33. The Labute approximate surface area is 201 Å². The molecule has 1 fully saturated rings. The average molecular weight is 466 g/mol. The van der Waals surface area contributed by atoms with Gasteiger partial charge in [-0.15, -0.1) is 0 Å². The predicted octanol–water partition coefficient (Wildman–Crippen LogP) is 3.01. The second-order valence-corrected chi connectivity index (χ2v) is 9.12. The molecule has 182 valence electrons. The van der Waals surface area contributed by atoms with Gasteiger partial charge in [-0.2, -0.15) is 5.10 Å². The minimum atomic E-state index is -0.576. The van der Waals surface area contributed by atoms with Crippen molar-refractivity contribution in [2.24, 2.45) is 13.0 Å². The zero-order chi connectivity index (χ0) is 24.2. The van der Waals surface area contributed by atoms with Crippen molar-refractivity contribution in [1.82, 2.24) is 25.1 Å². The van der Waals surface area contributed by atoms with Crippen LogP contribution in [0.3, 0.4) is 0 Å². The maximum atomic E-state index is 9.99. The van der Waals surface area contributed by atoms with Crippen molar-refractivity contribution in [1.29, 1.82) is 0 Å². The van der Waals surface area contributed by atoms with E-state index in [0.717, 1.165) is 65.5 Å². The van der Waals surface area contributed by atoms with Crippen molar-refractivity contribution in [3.8, 4) is 28.4 Å². The number of hydrogen-bond donors (Lipinski definition) is 2. The summed E-state index contributed by atoms with van der Waals surface area (Å²) < 4.78 is 13.4. The van der Waals surface area contributed by atoms with Crippen molar-refractivity contribution in [2.75, 3.05) is 33.4 Å². The summed E-state index contributed by atoms with van der Waals surface area (Å²) in [5.41, 5.74) is 7.05. The van der Waals surface area contributed by atoms with E-state index < -0.39 is 6.10 Å². The van der Waals surface area contributed by atoms with Crippen LogP contribution in [0.25, 0.3) is 22.6 Å². The Morgan fingerprint density at radius 1 is 1.26 bits per heavy atom. The van der Waals surface area contributed by atoms with Crippen LogP contribution in [0, 0.1) is 26.7 Å². The van der Waals surface area contributed by atoms with Crippen LogP contribution >= 0.6 is 0 Å². The number of rotatable bonds is 9. The molecule has 34 heavy (non-hydrogen) atoms. The fourth-order valence-electron chi connectivity index (χ4n) is 4.48. The number of aromatic nitrogens is 4. The molecular weight excluding hydrogens is 430 g/mol. The fraction of sp³-hybridized carbons (Fsp3) is 0.500. The van der Waals surface area contributed by atoms with Crippen molar-refractivity contribution in [3.05, 3.63) is 46.9 Å². The lowest BCUT2D eigenvalue weighted by atomic mass is 9.96. The summed E-state index contributed by atoms with van der Waals surface area (Å²) in [6.45, 7) is 8.49. The Kier molecular flexibility index (Phi) is 7.60. The molecule has 1 aromatic carbocycles. The van der Waals surface area contributed by atoms with Crippen molar-refractivity contribution in [3.63, 3.8) is 0 Å². The molecule has 0 amide bonds. The van der Waals surface area contributed by atoms with E-state index in [4.69, 9.17) is 19.4 Å². The van der Waals surface area contributed by atoms with Crippen LogP contribution in [0.5, 0.6) is 5.75 Å². The average Bonchev–Trinajstić information content (AvgIpc) is 3.42. The number of benzene rings is 1. The Balaban J connectivity index is 1.74. The third kappa shape index (κ3) is 5.29. The van der Waals surface area contributed by atoms with Gasteiger partial charge in [0.15, 0.2) is 5.82 Å². The van der Waals surface area contributed by atoms with E-state index in [1.807, 2.05) is 42.9 Å². The first-order chi connectivity index (χ1) is 16.4. The molecule has 8 nitrogen and oxygen atoms in total. The van der Waals surface area contributed by atoms with E-state index in [0.29, 0.717) is 24.0 Å². The number of nitrogens with zero attached hydrogens (tertiary/aromatic N) is 4. The molecule has 0 bridgehead atoms. The molecule has 0 spiro atoms. The van der Waals surface area contributed by atoms with Gasteiger partial charge in [0.2, 0.25) is 0 Å². The van der Waals surface area contributed by atoms with Crippen LogP contribution < -0.4 is 10.1 Å². The van der Waals surface area contributed by atoms with E-state index in [2.05, 4.69) is 24.3 Å². The Hall–Kier alpha value is -2.81. The first-order valence-electron chi connectivity index (χ1n) is 11.9. The van der Waals surface area contributed by atoms with E-state index in [-0.39, 0.29) is 6.61 Å². The molecule has 1 unspecified atom stereocenters. The maximum Gasteiger partial charge on any atom is 0.160 e. The Morgan fingerprint density at radius 3 is 2.76 bits per heavy atom. The van der Waals surface area contributed by atoms with Crippen LogP contribution in [-0.4, -0.2) is 64.4 Å². The van der Waals surface area contributed by atoms with Gasteiger partial charge in [-0.25, -0.2) is 9.97 Å². The van der Waals surface area contributed by atoms with E-state index in [9.17, 15) is 5.11 Å². The lowest BCUT2D eigenvalue weighted by Gasteiger charge is -2.16. The number of nitrogens with one attached hydrogen (secondary N) is 1. The van der Waals surface area contributed by atoms with Crippen LogP contribution in [-0.2, 0) is 18.2 Å². The highest BCUT2D eigenvalue weighted by atomic mass is 16.5. The SMILES string of the molecule is CNCC(O)COc1cccc(-c2nc(C[C@@H]3CCOC3)c(C)c(-c3c(C)nn(C)c3C)n2)c1. The van der Waals surface area contributed by atoms with Crippen molar-refractivity contribution in [2.45, 2.75) is 39.7 Å². The lowest BCUT2D eigenvalue weighted by Crippen LogP contribution is -2.29. The molecule has 2 aromatic heterocycles. The summed E-state index contributed by atoms with van der Waals surface area (Å²) in [7, 11) is 3.76. The lowest BCUT2D eigenvalue weighted by molar-refractivity contribution is 0.108. The summed E-state index contributed by atoms with van der Waals surface area (Å²) in [5, 5.41) is 17.6. The quantitative estimate of drug-likeness (QED) is 0.502. The number of hydrogen-bond acceptors (Lipinski definition) is 7. The highest BCUT2D eigenvalue weighted by Gasteiger charge is 2.23. The monoisotopic (exact) mass is 465 g/mol. The van der Waals surface area contributed by atoms with Crippen LogP contribution in [0.4, 0.5) is 0 Å². The van der Waals surface area contributed by atoms with Gasteiger partial charge in [0.25, 0.3) is 0 Å². The van der Waals surface area contributed by atoms with Crippen molar-refractivity contribution < 1.29 is 14.6 Å². The molecule has 3 heterocycles. The fourth-order valence-corrected chi connectivity index (χ4v) is 4.48. The molecule has 4 rings (SSSR count). The highest BCUT2D eigenvalue weighted by molar-refractivity contribution is 5.71. The van der Waals surface area contributed by atoms with Gasteiger partial charge in [0.1, 0.15) is 18.5 Å². The van der Waals surface area contributed by atoms with Crippen LogP contribution in [0.1, 0.15) is 29.1 Å². The smallest absolute Gasteiger partial charge is 0.160 e. The van der Waals surface area contributed by atoms with E-state index in [1.165, 1.54) is 0 Å². The zero-order valence-electron chi connectivity index (χ0n) is 20.8. The summed E-state index contributed by atoms with van der Waals surface area (Å²) in [6.07, 6.45) is 1.34. The maximum absolute atomic E-state index is 9.99. The minimum absolute atomic E-state index is 0.214. The number of aliphatic hydroxyl groups is 1. The number of likely N-dealkylation sites (N-methyl/N-ethyl adjacent to an activating group) is 1. The topological polar surface area (TPSA) is 94.3 Å². The molecule has 8 heteroatoms. The number of ether oxygens (including phenoxy) is 2. The third-order valence-corrected chi connectivity index (χ3v) is 6.47.